The molecule has 1 saturated heterocycles. The van der Waals surface area contributed by atoms with Crippen molar-refractivity contribution >= 4 is 33.2 Å². The predicted octanol–water partition coefficient (Wildman–Crippen LogP) is 4.59. The SMILES string of the molecule is O=S(=O)(c1ccc(Cl)cc1)C12CCO[C@@H](CCSCCCO)C1COc1c(F)ccc(F)c12. The van der Waals surface area contributed by atoms with Crippen LogP contribution in [0.4, 0.5) is 8.78 Å². The third-order valence-electron chi connectivity index (χ3n) is 6.34. The molecule has 33 heavy (non-hydrogen) atoms. The van der Waals surface area contributed by atoms with Crippen LogP contribution in [0.3, 0.4) is 0 Å². The number of hydrogen-bond acceptors (Lipinski definition) is 6. The first-order valence-corrected chi connectivity index (χ1v) is 13.8. The van der Waals surface area contributed by atoms with E-state index in [4.69, 9.17) is 26.2 Å². The normalized spacial score (nSPS) is 24.6. The molecule has 0 spiro atoms. The van der Waals surface area contributed by atoms with Gasteiger partial charge < -0.3 is 14.6 Å². The zero-order chi connectivity index (χ0) is 23.6. The Balaban J connectivity index is 1.81. The number of thioether (sulfide) groups is 1. The zero-order valence-corrected chi connectivity index (χ0v) is 20.2. The van der Waals surface area contributed by atoms with Gasteiger partial charge in [0.2, 0.25) is 0 Å². The second-order valence-corrected chi connectivity index (χ2v) is 12.0. The highest BCUT2D eigenvalue weighted by molar-refractivity contribution is 7.99. The topological polar surface area (TPSA) is 72.8 Å². The van der Waals surface area contributed by atoms with E-state index in [0.29, 0.717) is 23.6 Å². The van der Waals surface area contributed by atoms with Crippen molar-refractivity contribution in [1.82, 2.24) is 0 Å². The Morgan fingerprint density at radius 3 is 2.58 bits per heavy atom. The second kappa shape index (κ2) is 10.1. The van der Waals surface area contributed by atoms with Crippen molar-refractivity contribution in [3.63, 3.8) is 0 Å². The van der Waals surface area contributed by atoms with Gasteiger partial charge in [-0.05, 0) is 67.2 Å². The predicted molar refractivity (Wildman–Crippen MR) is 124 cm³/mol. The number of ether oxygens (including phenoxy) is 2. The molecule has 5 nitrogen and oxygen atoms in total. The summed E-state index contributed by atoms with van der Waals surface area (Å²) in [5.41, 5.74) is -0.255. The van der Waals surface area contributed by atoms with Crippen LogP contribution < -0.4 is 4.74 Å². The maximum Gasteiger partial charge on any atom is 0.189 e. The Labute approximate surface area is 201 Å². The van der Waals surface area contributed by atoms with Gasteiger partial charge in [0.1, 0.15) is 10.6 Å². The molecule has 0 radical (unpaired) electrons. The average Bonchev–Trinajstić information content (AvgIpc) is 2.81. The van der Waals surface area contributed by atoms with Gasteiger partial charge in [0.05, 0.1) is 23.2 Å². The van der Waals surface area contributed by atoms with Crippen molar-refractivity contribution in [1.29, 1.82) is 0 Å². The van der Waals surface area contributed by atoms with Crippen molar-refractivity contribution in [2.45, 2.75) is 35.0 Å². The summed E-state index contributed by atoms with van der Waals surface area (Å²) in [7, 11) is -4.19. The molecule has 2 aliphatic heterocycles. The molecule has 4 rings (SSSR count). The monoisotopic (exact) mass is 518 g/mol. The largest absolute Gasteiger partial charge is 0.490 e. The van der Waals surface area contributed by atoms with E-state index < -0.39 is 38.2 Å². The molecule has 2 aromatic carbocycles. The third-order valence-corrected chi connectivity index (χ3v) is 10.3. The molecule has 0 saturated carbocycles. The number of benzene rings is 2. The minimum absolute atomic E-state index is 0.00798. The minimum Gasteiger partial charge on any atom is -0.490 e. The summed E-state index contributed by atoms with van der Waals surface area (Å²) in [6.07, 6.45) is 0.648. The molecule has 1 fully saturated rings. The number of sulfone groups is 1. The minimum atomic E-state index is -4.19. The maximum atomic E-state index is 15.3. The van der Waals surface area contributed by atoms with Crippen molar-refractivity contribution in [2.24, 2.45) is 5.92 Å². The third kappa shape index (κ3) is 4.38. The van der Waals surface area contributed by atoms with Crippen molar-refractivity contribution in [3.8, 4) is 5.75 Å². The lowest BCUT2D eigenvalue weighted by molar-refractivity contribution is -0.0731. The molecule has 2 unspecified atom stereocenters. The Morgan fingerprint density at radius 2 is 1.85 bits per heavy atom. The van der Waals surface area contributed by atoms with E-state index in [1.165, 1.54) is 24.3 Å². The molecule has 0 bridgehead atoms. The first-order chi connectivity index (χ1) is 15.8. The molecular formula is C23H25ClF2O5S2. The maximum absolute atomic E-state index is 15.3. The second-order valence-electron chi connectivity index (χ2n) is 8.14. The Hall–Kier alpha value is -1.39. The molecule has 2 aromatic rings. The molecule has 0 aromatic heterocycles. The van der Waals surface area contributed by atoms with E-state index in [9.17, 15) is 12.8 Å². The van der Waals surface area contributed by atoms with E-state index in [2.05, 4.69) is 0 Å². The van der Waals surface area contributed by atoms with Crippen molar-refractivity contribution < 1.29 is 31.8 Å². The summed E-state index contributed by atoms with van der Waals surface area (Å²) in [6, 6.07) is 7.63. The van der Waals surface area contributed by atoms with E-state index >= 15 is 4.39 Å². The van der Waals surface area contributed by atoms with Crippen LogP contribution in [0, 0.1) is 17.6 Å². The van der Waals surface area contributed by atoms with Crippen LogP contribution in [0.25, 0.3) is 0 Å². The highest BCUT2D eigenvalue weighted by Gasteiger charge is 2.61. The lowest BCUT2D eigenvalue weighted by atomic mass is 9.75. The number of halogens is 3. The van der Waals surface area contributed by atoms with Gasteiger partial charge in [0.25, 0.3) is 0 Å². The standard InChI is InChI=1S/C23H25ClF2O5S2/c24-15-2-4-16(5-3-15)33(28,29)23-9-11-30-20(8-13-32-12-1-10-27)17(23)14-31-22-19(26)7-6-18(25)21(22)23/h2-7,17,20,27H,1,8-14H2/t17?,20-,23?/m0/s1. The van der Waals surface area contributed by atoms with Crippen LogP contribution in [0.5, 0.6) is 5.75 Å². The van der Waals surface area contributed by atoms with E-state index in [-0.39, 0.29) is 42.4 Å². The molecule has 2 aliphatic rings. The van der Waals surface area contributed by atoms with Gasteiger partial charge in [0, 0.05) is 24.2 Å². The van der Waals surface area contributed by atoms with Crippen LogP contribution in [0.2, 0.25) is 5.02 Å². The van der Waals surface area contributed by atoms with Gasteiger partial charge in [-0.25, -0.2) is 17.2 Å². The van der Waals surface area contributed by atoms with E-state index in [0.717, 1.165) is 17.9 Å². The van der Waals surface area contributed by atoms with Crippen LogP contribution in [0.15, 0.2) is 41.3 Å². The Bertz CT molecular complexity index is 1100. The van der Waals surface area contributed by atoms with Gasteiger partial charge in [0.15, 0.2) is 21.4 Å². The molecule has 1 N–H and O–H groups in total. The number of rotatable bonds is 8. The van der Waals surface area contributed by atoms with Crippen LogP contribution in [-0.4, -0.2) is 51.0 Å². The summed E-state index contributed by atoms with van der Waals surface area (Å²) in [5.74, 6) is -1.24. The first kappa shape index (κ1) is 24.7. The van der Waals surface area contributed by atoms with Gasteiger partial charge in [-0.1, -0.05) is 11.6 Å². The number of aliphatic hydroxyl groups is 1. The summed E-state index contributed by atoms with van der Waals surface area (Å²) < 4.78 is 68.2. The highest BCUT2D eigenvalue weighted by Crippen LogP contribution is 2.56. The number of fused-ring (bicyclic) bond motifs is 3. The van der Waals surface area contributed by atoms with Crippen molar-refractivity contribution in [2.75, 3.05) is 31.3 Å². The molecule has 10 heteroatoms. The summed E-state index contributed by atoms with van der Waals surface area (Å²) in [6.45, 7) is 0.0876. The molecular weight excluding hydrogens is 494 g/mol. The van der Waals surface area contributed by atoms with Crippen LogP contribution in [-0.2, 0) is 19.3 Å². The molecule has 0 aliphatic carbocycles. The van der Waals surface area contributed by atoms with Crippen LogP contribution in [0.1, 0.15) is 24.8 Å². The smallest absolute Gasteiger partial charge is 0.189 e. The number of hydrogen-bond donors (Lipinski definition) is 1. The molecule has 2 heterocycles. The van der Waals surface area contributed by atoms with Gasteiger partial charge in [-0.2, -0.15) is 11.8 Å². The van der Waals surface area contributed by atoms with E-state index in [1.54, 1.807) is 11.8 Å². The van der Waals surface area contributed by atoms with Crippen LogP contribution >= 0.6 is 23.4 Å². The number of aliphatic hydroxyl groups excluding tert-OH is 1. The Morgan fingerprint density at radius 1 is 1.12 bits per heavy atom. The summed E-state index contributed by atoms with van der Waals surface area (Å²) in [4.78, 5) is -0.00798. The van der Waals surface area contributed by atoms with E-state index in [1.807, 2.05) is 0 Å². The lowest BCUT2D eigenvalue weighted by Gasteiger charge is -2.50. The quantitative estimate of drug-likeness (QED) is 0.515. The molecule has 0 amide bonds. The van der Waals surface area contributed by atoms with Gasteiger partial charge in [-0.3, -0.25) is 0 Å². The first-order valence-electron chi connectivity index (χ1n) is 10.7. The summed E-state index contributed by atoms with van der Waals surface area (Å²) >= 11 is 7.59. The fraction of sp³-hybridized carbons (Fsp3) is 0.478. The average molecular weight is 519 g/mol. The van der Waals surface area contributed by atoms with Crippen molar-refractivity contribution in [3.05, 3.63) is 58.6 Å². The lowest BCUT2D eigenvalue weighted by Crippen LogP contribution is -2.57. The van der Waals surface area contributed by atoms with Gasteiger partial charge >= 0.3 is 0 Å². The fourth-order valence-electron chi connectivity index (χ4n) is 4.80. The van der Waals surface area contributed by atoms with Gasteiger partial charge in [-0.15, -0.1) is 0 Å². The molecule has 3 atom stereocenters. The Kier molecular flexibility index (Phi) is 7.55. The fourth-order valence-corrected chi connectivity index (χ4v) is 8.21. The highest BCUT2D eigenvalue weighted by atomic mass is 35.5. The molecule has 180 valence electrons. The summed E-state index contributed by atoms with van der Waals surface area (Å²) in [5, 5.41) is 9.34. The zero-order valence-electron chi connectivity index (χ0n) is 17.8.